The van der Waals surface area contributed by atoms with Gasteiger partial charge in [0.15, 0.2) is 0 Å². The van der Waals surface area contributed by atoms with Crippen LogP contribution in [0.1, 0.15) is 63.1 Å². The molecule has 1 aliphatic carbocycles. The molecule has 1 fully saturated rings. The number of aliphatic hydroxyl groups is 1. The molecule has 0 unspecified atom stereocenters. The van der Waals surface area contributed by atoms with Crippen LogP contribution in [0.3, 0.4) is 0 Å². The molecule has 0 aliphatic heterocycles. The summed E-state index contributed by atoms with van der Waals surface area (Å²) >= 11 is 0. The standard InChI is InChI=1S/C30H31F3N10O/c1-30(2,44)28(31)17-41-16-26(39-40-41)23-14-35-25(27-8-7-22-9-18(11-34)12-37-43(22)27)10-24(23)38-21-5-3-19(4-6-21)20-13-36-42(15-20)29(32)33/h7-10,12-16,19,21,28-29,44H,3-6,17H2,1-2H3,(H,35,38)/t19-,21-,28-/m1/s1. The lowest BCUT2D eigenvalue weighted by molar-refractivity contribution is -0.0120. The number of alkyl halides is 3. The SMILES string of the molecule is CC(C)(O)[C@H](F)Cn1cc(-c2cnc(-c3ccc4cc(C#N)cnn34)cc2N[C@H]2CC[C@H](c3cnn(C(F)F)c3)CC2)nn1. The summed E-state index contributed by atoms with van der Waals surface area (Å²) in [7, 11) is 0. The number of nitrogens with one attached hydrogen (secondary N) is 1. The first-order valence-corrected chi connectivity index (χ1v) is 14.3. The molecule has 5 aromatic rings. The van der Waals surface area contributed by atoms with Gasteiger partial charge in [0.25, 0.3) is 0 Å². The third kappa shape index (κ3) is 6.00. The van der Waals surface area contributed by atoms with E-state index in [2.05, 4.69) is 31.9 Å². The molecular weight excluding hydrogens is 573 g/mol. The van der Waals surface area contributed by atoms with E-state index >= 15 is 0 Å². The molecule has 0 saturated heterocycles. The van der Waals surface area contributed by atoms with Gasteiger partial charge in [-0.2, -0.15) is 24.2 Å². The minimum absolute atomic E-state index is 0.0891. The van der Waals surface area contributed by atoms with Gasteiger partial charge in [0.2, 0.25) is 0 Å². The number of nitrogens with zero attached hydrogens (tertiary/aromatic N) is 9. The van der Waals surface area contributed by atoms with Gasteiger partial charge in [-0.25, -0.2) is 18.3 Å². The normalized spacial score (nSPS) is 18.0. The van der Waals surface area contributed by atoms with Crippen LogP contribution in [0.5, 0.6) is 0 Å². The minimum Gasteiger partial charge on any atom is -0.387 e. The van der Waals surface area contributed by atoms with Crippen LogP contribution < -0.4 is 5.32 Å². The van der Waals surface area contributed by atoms with Gasteiger partial charge in [-0.15, -0.1) is 5.10 Å². The lowest BCUT2D eigenvalue weighted by atomic mass is 9.83. The Kier molecular flexibility index (Phi) is 7.81. The molecule has 0 amide bonds. The van der Waals surface area contributed by atoms with Crippen LogP contribution >= 0.6 is 0 Å². The van der Waals surface area contributed by atoms with Crippen LogP contribution in [0.25, 0.3) is 28.2 Å². The van der Waals surface area contributed by atoms with Crippen molar-refractivity contribution in [3.8, 4) is 28.7 Å². The number of fused-ring (bicyclic) bond motifs is 1. The van der Waals surface area contributed by atoms with Crippen molar-refractivity contribution < 1.29 is 18.3 Å². The smallest absolute Gasteiger partial charge is 0.333 e. The number of aromatic nitrogens is 8. The lowest BCUT2D eigenvalue weighted by Gasteiger charge is -2.30. The van der Waals surface area contributed by atoms with Gasteiger partial charge in [-0.05, 0) is 75.3 Å². The zero-order valence-electron chi connectivity index (χ0n) is 24.1. The molecule has 0 radical (unpaired) electrons. The van der Waals surface area contributed by atoms with Gasteiger partial charge in [0.1, 0.15) is 17.9 Å². The third-order valence-corrected chi connectivity index (χ3v) is 8.10. The highest BCUT2D eigenvalue weighted by atomic mass is 19.3. The molecule has 0 bridgehead atoms. The fourth-order valence-corrected chi connectivity index (χ4v) is 5.53. The molecular formula is C30H31F3N10O. The predicted octanol–water partition coefficient (Wildman–Crippen LogP) is 5.37. The summed E-state index contributed by atoms with van der Waals surface area (Å²) in [6.07, 6.45) is 9.42. The van der Waals surface area contributed by atoms with Crippen LogP contribution in [0.4, 0.5) is 18.9 Å². The topological polar surface area (TPSA) is 135 Å². The van der Waals surface area contributed by atoms with Gasteiger partial charge in [0.05, 0.1) is 53.2 Å². The summed E-state index contributed by atoms with van der Waals surface area (Å²) < 4.78 is 44.4. The van der Waals surface area contributed by atoms with E-state index in [0.717, 1.165) is 48.1 Å². The van der Waals surface area contributed by atoms with Crippen molar-refractivity contribution in [3.63, 3.8) is 0 Å². The van der Waals surface area contributed by atoms with Crippen molar-refractivity contribution in [1.82, 2.24) is 39.4 Å². The maximum atomic E-state index is 14.5. The maximum absolute atomic E-state index is 14.5. The summed E-state index contributed by atoms with van der Waals surface area (Å²) in [5.74, 6) is 0.147. The van der Waals surface area contributed by atoms with Crippen LogP contribution in [0.15, 0.2) is 55.2 Å². The zero-order chi connectivity index (χ0) is 31.0. The van der Waals surface area contributed by atoms with Crippen molar-refractivity contribution in [2.75, 3.05) is 5.32 Å². The highest BCUT2D eigenvalue weighted by molar-refractivity contribution is 5.79. The van der Waals surface area contributed by atoms with E-state index in [1.807, 2.05) is 18.2 Å². The van der Waals surface area contributed by atoms with E-state index in [-0.39, 0.29) is 18.5 Å². The number of halogens is 3. The Labute approximate surface area is 251 Å². The van der Waals surface area contributed by atoms with Crippen LogP contribution in [0.2, 0.25) is 0 Å². The molecule has 6 rings (SSSR count). The molecule has 5 aromatic heterocycles. The predicted molar refractivity (Wildman–Crippen MR) is 155 cm³/mol. The summed E-state index contributed by atoms with van der Waals surface area (Å²) in [6, 6.07) is 9.59. The second kappa shape index (κ2) is 11.7. The highest BCUT2D eigenvalue weighted by Gasteiger charge is 2.28. The summed E-state index contributed by atoms with van der Waals surface area (Å²) in [5.41, 5.74) is 3.76. The number of pyridine rings is 1. The first kappa shape index (κ1) is 29.3. The minimum atomic E-state index is -2.66. The molecule has 2 N–H and O–H groups in total. The average molecular weight is 605 g/mol. The molecule has 1 atom stereocenters. The van der Waals surface area contributed by atoms with Crippen LogP contribution in [0, 0.1) is 11.3 Å². The summed E-state index contributed by atoms with van der Waals surface area (Å²) in [5, 5.41) is 39.5. The molecule has 11 nitrogen and oxygen atoms in total. The second-order valence-electron chi connectivity index (χ2n) is 11.7. The maximum Gasteiger partial charge on any atom is 0.333 e. The zero-order valence-corrected chi connectivity index (χ0v) is 24.1. The van der Waals surface area contributed by atoms with E-state index in [0.29, 0.717) is 27.2 Å². The molecule has 0 spiro atoms. The summed E-state index contributed by atoms with van der Waals surface area (Å²) in [4.78, 5) is 4.69. The largest absolute Gasteiger partial charge is 0.387 e. The Morgan fingerprint density at radius 3 is 2.55 bits per heavy atom. The van der Waals surface area contributed by atoms with E-state index in [9.17, 15) is 23.5 Å². The van der Waals surface area contributed by atoms with Crippen molar-refractivity contribution >= 4 is 11.2 Å². The third-order valence-electron chi connectivity index (χ3n) is 8.10. The van der Waals surface area contributed by atoms with Crippen LogP contribution in [-0.4, -0.2) is 62.3 Å². The first-order chi connectivity index (χ1) is 21.1. The summed E-state index contributed by atoms with van der Waals surface area (Å²) in [6.45, 7) is -0.0165. The quantitative estimate of drug-likeness (QED) is 0.230. The number of nitriles is 1. The van der Waals surface area contributed by atoms with E-state index in [4.69, 9.17) is 4.98 Å². The van der Waals surface area contributed by atoms with Gasteiger partial charge in [-0.3, -0.25) is 4.98 Å². The molecule has 1 saturated carbocycles. The number of hydrogen-bond acceptors (Lipinski definition) is 8. The van der Waals surface area contributed by atoms with Crippen molar-refractivity contribution in [2.24, 2.45) is 0 Å². The average Bonchev–Trinajstić information content (AvgIpc) is 3.77. The van der Waals surface area contributed by atoms with E-state index in [1.54, 1.807) is 23.0 Å². The lowest BCUT2D eigenvalue weighted by Crippen LogP contribution is -2.35. The highest BCUT2D eigenvalue weighted by Crippen LogP contribution is 2.37. The second-order valence-corrected chi connectivity index (χ2v) is 11.7. The number of hydrogen-bond donors (Lipinski definition) is 2. The Hall–Kier alpha value is -4.77. The molecule has 1 aliphatic rings. The van der Waals surface area contributed by atoms with Crippen molar-refractivity contribution in [1.29, 1.82) is 5.26 Å². The fraction of sp³-hybridized carbons (Fsp3) is 0.400. The van der Waals surface area contributed by atoms with Gasteiger partial charge in [-0.1, -0.05) is 5.21 Å². The monoisotopic (exact) mass is 604 g/mol. The van der Waals surface area contributed by atoms with Gasteiger partial charge in [0, 0.05) is 29.7 Å². The Morgan fingerprint density at radius 2 is 1.84 bits per heavy atom. The molecule has 14 heteroatoms. The van der Waals surface area contributed by atoms with E-state index < -0.39 is 18.3 Å². The molecule has 44 heavy (non-hydrogen) atoms. The molecule has 5 heterocycles. The van der Waals surface area contributed by atoms with E-state index in [1.165, 1.54) is 37.1 Å². The molecule has 228 valence electrons. The van der Waals surface area contributed by atoms with Crippen LogP contribution in [-0.2, 0) is 6.54 Å². The van der Waals surface area contributed by atoms with Gasteiger partial charge >= 0.3 is 6.55 Å². The Bertz CT molecular complexity index is 1810. The van der Waals surface area contributed by atoms with Crippen molar-refractivity contribution in [3.05, 3.63) is 66.4 Å². The Morgan fingerprint density at radius 1 is 1.05 bits per heavy atom. The number of rotatable bonds is 9. The van der Waals surface area contributed by atoms with Crippen molar-refractivity contribution in [2.45, 2.75) is 76.4 Å². The number of anilines is 1. The Balaban J connectivity index is 1.28. The van der Waals surface area contributed by atoms with Gasteiger partial charge < -0.3 is 10.4 Å². The first-order valence-electron chi connectivity index (χ1n) is 14.3. The molecule has 0 aromatic carbocycles. The fourth-order valence-electron chi connectivity index (χ4n) is 5.53.